The van der Waals surface area contributed by atoms with E-state index < -0.39 is 5.97 Å². The van der Waals surface area contributed by atoms with Crippen molar-refractivity contribution in [2.24, 2.45) is 0 Å². The second-order valence-electron chi connectivity index (χ2n) is 3.60. The first-order valence-electron chi connectivity index (χ1n) is 5.43. The van der Waals surface area contributed by atoms with Crippen LogP contribution in [0.2, 0.25) is 0 Å². The van der Waals surface area contributed by atoms with Gasteiger partial charge in [0.05, 0.1) is 27.8 Å². The Morgan fingerprint density at radius 3 is 1.94 bits per heavy atom. The quantitative estimate of drug-likeness (QED) is 0.571. The van der Waals surface area contributed by atoms with Crippen LogP contribution >= 0.6 is 0 Å². The highest BCUT2D eigenvalue weighted by Crippen LogP contribution is 2.23. The van der Waals surface area contributed by atoms with Crippen molar-refractivity contribution < 1.29 is 23.8 Å². The van der Waals surface area contributed by atoms with Crippen molar-refractivity contribution in [1.82, 2.24) is 0 Å². The van der Waals surface area contributed by atoms with E-state index in [1.54, 1.807) is 18.2 Å². The molecule has 5 heteroatoms. The zero-order valence-corrected chi connectivity index (χ0v) is 10.7. The summed E-state index contributed by atoms with van der Waals surface area (Å²) in [5.74, 6) is 0.516. The number of ether oxygens (including phenoxy) is 3. The highest BCUT2D eigenvalue weighted by Gasteiger charge is 2.12. The van der Waals surface area contributed by atoms with Gasteiger partial charge in [-0.3, -0.25) is 9.59 Å². The molecule has 5 nitrogen and oxygen atoms in total. The van der Waals surface area contributed by atoms with E-state index in [1.165, 1.54) is 21.3 Å². The zero-order chi connectivity index (χ0) is 13.5. The van der Waals surface area contributed by atoms with Crippen LogP contribution in [0.1, 0.15) is 23.2 Å². The average molecular weight is 252 g/mol. The van der Waals surface area contributed by atoms with Crippen LogP contribution in [0.5, 0.6) is 11.5 Å². The fourth-order valence-corrected chi connectivity index (χ4v) is 1.43. The standard InChI is InChI=1S/C13H16O5/c1-16-10-6-9(7-11(8-10)17-2)12(14)4-5-13(15)18-3/h6-8H,4-5H2,1-3H3. The molecular formula is C13H16O5. The number of rotatable bonds is 6. The molecule has 98 valence electrons. The molecule has 0 radical (unpaired) electrons. The van der Waals surface area contributed by atoms with Crippen LogP contribution in [0.4, 0.5) is 0 Å². The maximum atomic E-state index is 11.9. The number of Topliss-reactive ketones (excluding diaryl/α,β-unsaturated/α-hetero) is 1. The Morgan fingerprint density at radius 2 is 1.50 bits per heavy atom. The van der Waals surface area contributed by atoms with Gasteiger partial charge in [-0.25, -0.2) is 0 Å². The molecule has 0 bridgehead atoms. The third kappa shape index (κ3) is 3.76. The number of hydrogen-bond acceptors (Lipinski definition) is 5. The first-order chi connectivity index (χ1) is 8.60. The number of ketones is 1. The summed E-state index contributed by atoms with van der Waals surface area (Å²) in [5.41, 5.74) is 0.454. The Kier molecular flexibility index (Phi) is 5.17. The third-order valence-corrected chi connectivity index (χ3v) is 2.46. The first-order valence-corrected chi connectivity index (χ1v) is 5.43. The van der Waals surface area contributed by atoms with Gasteiger partial charge in [-0.15, -0.1) is 0 Å². The molecule has 0 atom stereocenters. The number of carbonyl (C=O) groups excluding carboxylic acids is 2. The summed E-state index contributed by atoms with van der Waals surface area (Å²) in [6.07, 6.45) is 0.165. The molecule has 0 saturated carbocycles. The SMILES string of the molecule is COC(=O)CCC(=O)c1cc(OC)cc(OC)c1. The highest BCUT2D eigenvalue weighted by atomic mass is 16.5. The van der Waals surface area contributed by atoms with Gasteiger partial charge in [-0.2, -0.15) is 0 Å². The van der Waals surface area contributed by atoms with Crippen LogP contribution in [0.25, 0.3) is 0 Å². The molecule has 0 unspecified atom stereocenters. The molecule has 0 aromatic heterocycles. The maximum absolute atomic E-state index is 11.9. The minimum absolute atomic E-state index is 0.0643. The van der Waals surface area contributed by atoms with Gasteiger partial charge < -0.3 is 14.2 Å². The summed E-state index contributed by atoms with van der Waals surface area (Å²) in [5, 5.41) is 0. The van der Waals surface area contributed by atoms with Crippen molar-refractivity contribution >= 4 is 11.8 Å². The molecular weight excluding hydrogens is 236 g/mol. The number of benzene rings is 1. The zero-order valence-electron chi connectivity index (χ0n) is 10.7. The molecule has 0 fully saturated rings. The highest BCUT2D eigenvalue weighted by molar-refractivity contribution is 5.98. The van der Waals surface area contributed by atoms with E-state index in [-0.39, 0.29) is 18.6 Å². The van der Waals surface area contributed by atoms with Crippen molar-refractivity contribution in [2.75, 3.05) is 21.3 Å². The Hall–Kier alpha value is -2.04. The number of carbonyl (C=O) groups is 2. The predicted molar refractivity (Wildman–Crippen MR) is 65.1 cm³/mol. The monoisotopic (exact) mass is 252 g/mol. The molecule has 1 rings (SSSR count). The van der Waals surface area contributed by atoms with E-state index in [2.05, 4.69) is 4.74 Å². The molecule has 1 aromatic rings. The summed E-state index contributed by atoms with van der Waals surface area (Å²) in [7, 11) is 4.32. The molecule has 0 N–H and O–H groups in total. The number of hydrogen-bond donors (Lipinski definition) is 0. The lowest BCUT2D eigenvalue weighted by Crippen LogP contribution is -2.06. The van der Waals surface area contributed by atoms with E-state index in [9.17, 15) is 9.59 Å². The van der Waals surface area contributed by atoms with E-state index in [1.807, 2.05) is 0 Å². The van der Waals surface area contributed by atoms with Gasteiger partial charge in [-0.1, -0.05) is 0 Å². The van der Waals surface area contributed by atoms with Gasteiger partial charge in [0, 0.05) is 18.1 Å². The van der Waals surface area contributed by atoms with E-state index in [0.29, 0.717) is 17.1 Å². The van der Waals surface area contributed by atoms with Crippen molar-refractivity contribution in [3.63, 3.8) is 0 Å². The first kappa shape index (κ1) is 14.0. The van der Waals surface area contributed by atoms with Crippen molar-refractivity contribution in [1.29, 1.82) is 0 Å². The summed E-state index contributed by atoms with van der Waals surface area (Å²) < 4.78 is 14.6. The van der Waals surface area contributed by atoms with Gasteiger partial charge in [0.15, 0.2) is 5.78 Å². The van der Waals surface area contributed by atoms with Gasteiger partial charge in [0.2, 0.25) is 0 Å². The van der Waals surface area contributed by atoms with Crippen LogP contribution in [-0.4, -0.2) is 33.1 Å². The second-order valence-corrected chi connectivity index (χ2v) is 3.60. The lowest BCUT2D eigenvalue weighted by molar-refractivity contribution is -0.140. The van der Waals surface area contributed by atoms with Crippen LogP contribution in [-0.2, 0) is 9.53 Å². The molecule has 0 heterocycles. The number of methoxy groups -OCH3 is 3. The maximum Gasteiger partial charge on any atom is 0.305 e. The van der Waals surface area contributed by atoms with Crippen LogP contribution < -0.4 is 9.47 Å². The molecule has 0 aliphatic heterocycles. The lowest BCUT2D eigenvalue weighted by atomic mass is 10.1. The van der Waals surface area contributed by atoms with Crippen LogP contribution in [0, 0.1) is 0 Å². The lowest BCUT2D eigenvalue weighted by Gasteiger charge is -2.07. The Balaban J connectivity index is 2.81. The number of esters is 1. The van der Waals surface area contributed by atoms with Gasteiger partial charge in [0.1, 0.15) is 11.5 Å². The summed E-state index contributed by atoms with van der Waals surface area (Å²) in [6.45, 7) is 0. The Bertz CT molecular complexity index is 417. The molecule has 1 aromatic carbocycles. The normalized spacial score (nSPS) is 9.72. The molecule has 0 saturated heterocycles. The van der Waals surface area contributed by atoms with E-state index >= 15 is 0 Å². The third-order valence-electron chi connectivity index (χ3n) is 2.46. The summed E-state index contributed by atoms with van der Waals surface area (Å²) >= 11 is 0. The van der Waals surface area contributed by atoms with Gasteiger partial charge in [-0.05, 0) is 12.1 Å². The van der Waals surface area contributed by atoms with E-state index in [4.69, 9.17) is 9.47 Å². The van der Waals surface area contributed by atoms with Crippen molar-refractivity contribution in [3.05, 3.63) is 23.8 Å². The smallest absolute Gasteiger partial charge is 0.305 e. The Morgan fingerprint density at radius 1 is 0.944 bits per heavy atom. The largest absolute Gasteiger partial charge is 0.497 e. The van der Waals surface area contributed by atoms with Gasteiger partial charge in [0.25, 0.3) is 0 Å². The van der Waals surface area contributed by atoms with Crippen molar-refractivity contribution in [3.8, 4) is 11.5 Å². The average Bonchev–Trinajstić information content (AvgIpc) is 2.43. The summed E-state index contributed by atoms with van der Waals surface area (Å²) in [6, 6.07) is 4.90. The second kappa shape index (κ2) is 6.64. The Labute approximate surface area is 106 Å². The fraction of sp³-hybridized carbons (Fsp3) is 0.385. The topological polar surface area (TPSA) is 61.8 Å². The van der Waals surface area contributed by atoms with E-state index in [0.717, 1.165) is 0 Å². The molecule has 0 spiro atoms. The predicted octanol–water partition coefficient (Wildman–Crippen LogP) is 1.84. The summed E-state index contributed by atoms with van der Waals surface area (Å²) in [4.78, 5) is 22.9. The van der Waals surface area contributed by atoms with Crippen LogP contribution in [0.15, 0.2) is 18.2 Å². The minimum atomic E-state index is -0.404. The molecule has 0 amide bonds. The molecule has 18 heavy (non-hydrogen) atoms. The molecule has 0 aliphatic rings. The molecule has 0 aliphatic carbocycles. The fourth-order valence-electron chi connectivity index (χ4n) is 1.43. The van der Waals surface area contributed by atoms with Crippen molar-refractivity contribution in [2.45, 2.75) is 12.8 Å². The van der Waals surface area contributed by atoms with Gasteiger partial charge >= 0.3 is 5.97 Å². The van der Waals surface area contributed by atoms with Crippen LogP contribution in [0.3, 0.4) is 0 Å². The minimum Gasteiger partial charge on any atom is -0.497 e.